The highest BCUT2D eigenvalue weighted by atomic mass is 35.5. The molecule has 0 saturated carbocycles. The van der Waals surface area contributed by atoms with Crippen LogP contribution in [0.25, 0.3) is 11.4 Å². The van der Waals surface area contributed by atoms with Crippen LogP contribution in [0.3, 0.4) is 0 Å². The van der Waals surface area contributed by atoms with E-state index < -0.39 is 5.91 Å². The van der Waals surface area contributed by atoms with Crippen LogP contribution >= 0.6 is 11.6 Å². The number of rotatable bonds is 5. The summed E-state index contributed by atoms with van der Waals surface area (Å²) < 4.78 is 12.9. The van der Waals surface area contributed by atoms with Gasteiger partial charge < -0.3 is 0 Å². The Balaban J connectivity index is 1.57. The van der Waals surface area contributed by atoms with Crippen LogP contribution in [0.2, 0.25) is 5.02 Å². The van der Waals surface area contributed by atoms with Gasteiger partial charge in [0.1, 0.15) is 12.4 Å². The number of carbonyl (C=O) groups excluding carboxylic acids is 1. The lowest BCUT2D eigenvalue weighted by Gasteiger charge is -1.98. The lowest BCUT2D eigenvalue weighted by Crippen LogP contribution is -2.24. The topological polar surface area (TPSA) is 85.1 Å². The Morgan fingerprint density at radius 2 is 2.08 bits per heavy atom. The zero-order valence-electron chi connectivity index (χ0n) is 12.8. The maximum atomic E-state index is 12.9. The zero-order valence-corrected chi connectivity index (χ0v) is 13.6. The first-order valence-electron chi connectivity index (χ1n) is 7.21. The molecule has 0 bridgehead atoms. The Kier molecular flexibility index (Phi) is 5.10. The van der Waals surface area contributed by atoms with Crippen LogP contribution in [-0.2, 0) is 11.3 Å². The van der Waals surface area contributed by atoms with Gasteiger partial charge >= 0.3 is 0 Å². The normalized spacial score (nSPS) is 11.0. The summed E-state index contributed by atoms with van der Waals surface area (Å²) in [6.07, 6.45) is 1.47. The maximum Gasteiger partial charge on any atom is 0.263 e. The molecule has 0 aliphatic heterocycles. The molecule has 0 radical (unpaired) electrons. The van der Waals surface area contributed by atoms with E-state index in [1.807, 2.05) is 0 Å². The number of tetrazole rings is 1. The lowest BCUT2D eigenvalue weighted by atomic mass is 10.2. The maximum absolute atomic E-state index is 12.9. The van der Waals surface area contributed by atoms with Crippen LogP contribution in [0.15, 0.2) is 53.6 Å². The van der Waals surface area contributed by atoms with Crippen LogP contribution in [-0.4, -0.2) is 32.3 Å². The van der Waals surface area contributed by atoms with E-state index in [0.717, 1.165) is 10.4 Å². The minimum absolute atomic E-state index is 0.152. The van der Waals surface area contributed by atoms with Gasteiger partial charge in [0.05, 0.1) is 6.21 Å². The van der Waals surface area contributed by atoms with E-state index in [1.165, 1.54) is 30.5 Å². The third-order valence-electron chi connectivity index (χ3n) is 3.09. The first-order valence-corrected chi connectivity index (χ1v) is 7.59. The molecule has 0 spiro atoms. The van der Waals surface area contributed by atoms with E-state index in [4.69, 9.17) is 11.6 Å². The fourth-order valence-electron chi connectivity index (χ4n) is 1.95. The number of hydrogen-bond acceptors (Lipinski definition) is 5. The van der Waals surface area contributed by atoms with Crippen LogP contribution in [0, 0.1) is 5.82 Å². The summed E-state index contributed by atoms with van der Waals surface area (Å²) in [6.45, 7) is -0.152. The Morgan fingerprint density at radius 1 is 1.28 bits per heavy atom. The molecule has 0 aliphatic rings. The van der Waals surface area contributed by atoms with Crippen molar-refractivity contribution in [2.24, 2.45) is 5.10 Å². The van der Waals surface area contributed by atoms with Crippen molar-refractivity contribution in [1.29, 1.82) is 0 Å². The van der Waals surface area contributed by atoms with E-state index in [0.29, 0.717) is 16.4 Å². The molecule has 1 amide bonds. The van der Waals surface area contributed by atoms with Crippen LogP contribution in [0.4, 0.5) is 4.39 Å². The van der Waals surface area contributed by atoms with Crippen molar-refractivity contribution in [3.05, 3.63) is 64.9 Å². The molecule has 1 N–H and O–H groups in total. The summed E-state index contributed by atoms with van der Waals surface area (Å²) in [7, 11) is 0. The van der Waals surface area contributed by atoms with Gasteiger partial charge in [-0.2, -0.15) is 9.90 Å². The van der Waals surface area contributed by atoms with Crippen LogP contribution < -0.4 is 5.43 Å². The molecule has 1 aromatic heterocycles. The molecule has 3 aromatic rings. The molecule has 2 aromatic carbocycles. The van der Waals surface area contributed by atoms with Gasteiger partial charge in [-0.3, -0.25) is 4.79 Å². The summed E-state index contributed by atoms with van der Waals surface area (Å²) in [5, 5.41) is 16.1. The van der Waals surface area contributed by atoms with Gasteiger partial charge in [0.15, 0.2) is 0 Å². The number of halogens is 2. The first kappa shape index (κ1) is 16.7. The number of nitrogens with zero attached hydrogens (tertiary/aromatic N) is 5. The molecular weight excluding hydrogens is 347 g/mol. The largest absolute Gasteiger partial charge is 0.271 e. The van der Waals surface area contributed by atoms with Crippen LogP contribution in [0.1, 0.15) is 5.56 Å². The molecule has 0 atom stereocenters. The van der Waals surface area contributed by atoms with E-state index in [9.17, 15) is 9.18 Å². The summed E-state index contributed by atoms with van der Waals surface area (Å²) in [4.78, 5) is 13.0. The van der Waals surface area contributed by atoms with E-state index >= 15 is 0 Å². The summed E-state index contributed by atoms with van der Waals surface area (Å²) in [6, 6.07) is 12.7. The van der Waals surface area contributed by atoms with Crippen molar-refractivity contribution in [3.63, 3.8) is 0 Å². The molecule has 3 rings (SSSR count). The number of amides is 1. The Bertz CT molecular complexity index is 909. The van der Waals surface area contributed by atoms with Gasteiger partial charge in [-0.1, -0.05) is 23.7 Å². The lowest BCUT2D eigenvalue weighted by molar-refractivity contribution is -0.122. The van der Waals surface area contributed by atoms with Gasteiger partial charge in [0.2, 0.25) is 5.82 Å². The number of hydrogen-bond donors (Lipinski definition) is 1. The minimum Gasteiger partial charge on any atom is -0.271 e. The predicted octanol–water partition coefficient (Wildman–Crippen LogP) is 2.28. The molecule has 1 heterocycles. The molecule has 0 fully saturated rings. The zero-order chi connectivity index (χ0) is 17.6. The molecule has 0 saturated heterocycles. The second-order valence-electron chi connectivity index (χ2n) is 5.00. The third kappa shape index (κ3) is 4.67. The molecule has 126 valence electrons. The Hall–Kier alpha value is -3.13. The average Bonchev–Trinajstić information content (AvgIpc) is 3.04. The SMILES string of the molecule is O=C(Cn1nnc(-c2ccc(F)cc2)n1)N/N=C/c1cccc(Cl)c1. The quantitative estimate of drug-likeness (QED) is 0.560. The van der Waals surface area contributed by atoms with Gasteiger partial charge in [0, 0.05) is 10.6 Å². The fourth-order valence-corrected chi connectivity index (χ4v) is 2.15. The van der Waals surface area contributed by atoms with Crippen molar-refractivity contribution < 1.29 is 9.18 Å². The highest BCUT2D eigenvalue weighted by Gasteiger charge is 2.09. The number of hydrazone groups is 1. The van der Waals surface area contributed by atoms with Crippen molar-refractivity contribution >= 4 is 23.7 Å². The third-order valence-corrected chi connectivity index (χ3v) is 3.33. The fraction of sp³-hybridized carbons (Fsp3) is 0.0625. The number of benzene rings is 2. The first-order chi connectivity index (χ1) is 12.1. The summed E-state index contributed by atoms with van der Waals surface area (Å²) in [5.74, 6) is -0.468. The van der Waals surface area contributed by atoms with Gasteiger partial charge in [-0.05, 0) is 47.2 Å². The van der Waals surface area contributed by atoms with Crippen molar-refractivity contribution in [3.8, 4) is 11.4 Å². The van der Waals surface area contributed by atoms with Crippen LogP contribution in [0.5, 0.6) is 0 Å². The van der Waals surface area contributed by atoms with Gasteiger partial charge in [-0.15, -0.1) is 10.2 Å². The second-order valence-corrected chi connectivity index (χ2v) is 5.43. The van der Waals surface area contributed by atoms with Crippen molar-refractivity contribution in [1.82, 2.24) is 25.6 Å². The molecule has 7 nitrogen and oxygen atoms in total. The number of aromatic nitrogens is 4. The Labute approximate surface area is 147 Å². The smallest absolute Gasteiger partial charge is 0.263 e. The van der Waals surface area contributed by atoms with Crippen molar-refractivity contribution in [2.45, 2.75) is 6.54 Å². The summed E-state index contributed by atoms with van der Waals surface area (Å²) in [5.41, 5.74) is 3.72. The molecule has 25 heavy (non-hydrogen) atoms. The molecule has 0 unspecified atom stereocenters. The van der Waals surface area contributed by atoms with Gasteiger partial charge in [-0.25, -0.2) is 9.82 Å². The molecule has 9 heteroatoms. The monoisotopic (exact) mass is 358 g/mol. The standard InChI is InChI=1S/C16H12ClFN6O/c17-13-3-1-2-11(8-13)9-19-20-15(25)10-24-22-16(21-23-24)12-4-6-14(18)7-5-12/h1-9H,10H2,(H,20,25)/b19-9+. The van der Waals surface area contributed by atoms with E-state index in [2.05, 4.69) is 25.9 Å². The molecule has 0 aliphatic carbocycles. The number of carbonyl (C=O) groups is 1. The second kappa shape index (κ2) is 7.63. The molecular formula is C16H12ClFN6O. The van der Waals surface area contributed by atoms with Crippen molar-refractivity contribution in [2.75, 3.05) is 0 Å². The van der Waals surface area contributed by atoms with E-state index in [1.54, 1.807) is 24.3 Å². The minimum atomic E-state index is -0.415. The predicted molar refractivity (Wildman–Crippen MR) is 90.4 cm³/mol. The Morgan fingerprint density at radius 3 is 2.84 bits per heavy atom. The van der Waals surface area contributed by atoms with E-state index in [-0.39, 0.29) is 12.4 Å². The van der Waals surface area contributed by atoms with Gasteiger partial charge in [0.25, 0.3) is 5.91 Å². The highest BCUT2D eigenvalue weighted by Crippen LogP contribution is 2.13. The highest BCUT2D eigenvalue weighted by molar-refractivity contribution is 6.30. The number of nitrogens with one attached hydrogen (secondary N) is 1. The summed E-state index contributed by atoms with van der Waals surface area (Å²) >= 11 is 5.86. The average molecular weight is 359 g/mol.